The van der Waals surface area contributed by atoms with Gasteiger partial charge in [0.2, 0.25) is 5.91 Å². The van der Waals surface area contributed by atoms with E-state index in [2.05, 4.69) is 0 Å². The number of amides is 1. The lowest BCUT2D eigenvalue weighted by Gasteiger charge is -2.25. The highest BCUT2D eigenvalue weighted by atomic mass is 16.5. The van der Waals surface area contributed by atoms with Crippen molar-refractivity contribution >= 4 is 11.9 Å². The summed E-state index contributed by atoms with van der Waals surface area (Å²) in [6, 6.07) is 19.4. The molecule has 0 aliphatic carbocycles. The average molecular weight is 323 g/mol. The van der Waals surface area contributed by atoms with E-state index in [1.165, 1.54) is 0 Å². The maximum Gasteiger partial charge on any atom is 0.311 e. The van der Waals surface area contributed by atoms with Gasteiger partial charge in [-0.3, -0.25) is 9.59 Å². The second kappa shape index (κ2) is 7.30. The Morgan fingerprint density at radius 2 is 1.75 bits per heavy atom. The van der Waals surface area contributed by atoms with Gasteiger partial charge in [-0.2, -0.15) is 0 Å². The Hall–Kier alpha value is -2.62. The molecule has 2 aromatic rings. The van der Waals surface area contributed by atoms with Crippen LogP contribution in [0.15, 0.2) is 60.7 Å². The topological polar surface area (TPSA) is 46.6 Å². The minimum Gasteiger partial charge on any atom is -0.461 e. The van der Waals surface area contributed by atoms with Gasteiger partial charge in [0.25, 0.3) is 0 Å². The smallest absolute Gasteiger partial charge is 0.311 e. The largest absolute Gasteiger partial charge is 0.461 e. The van der Waals surface area contributed by atoms with Gasteiger partial charge in [-0.25, -0.2) is 0 Å². The van der Waals surface area contributed by atoms with E-state index in [0.29, 0.717) is 6.54 Å². The van der Waals surface area contributed by atoms with Crippen molar-refractivity contribution in [2.45, 2.75) is 26.0 Å². The van der Waals surface area contributed by atoms with Crippen molar-refractivity contribution in [2.75, 3.05) is 6.54 Å². The molecule has 124 valence electrons. The molecule has 2 aromatic carbocycles. The number of carbonyl (C=O) groups is 2. The zero-order valence-electron chi connectivity index (χ0n) is 13.7. The summed E-state index contributed by atoms with van der Waals surface area (Å²) in [5.74, 6) is -0.671. The van der Waals surface area contributed by atoms with Gasteiger partial charge in [0, 0.05) is 13.0 Å². The van der Waals surface area contributed by atoms with Crippen LogP contribution >= 0.6 is 0 Å². The third kappa shape index (κ3) is 3.65. The molecule has 0 N–H and O–H groups in total. The van der Waals surface area contributed by atoms with E-state index in [1.807, 2.05) is 67.6 Å². The van der Waals surface area contributed by atoms with Crippen molar-refractivity contribution in [3.8, 4) is 0 Å². The van der Waals surface area contributed by atoms with Gasteiger partial charge in [-0.05, 0) is 18.1 Å². The van der Waals surface area contributed by atoms with Crippen molar-refractivity contribution in [3.63, 3.8) is 0 Å². The quantitative estimate of drug-likeness (QED) is 0.793. The maximum atomic E-state index is 12.3. The molecule has 0 spiro atoms. The third-order valence-electron chi connectivity index (χ3n) is 4.47. The van der Waals surface area contributed by atoms with Crippen LogP contribution in [0.25, 0.3) is 0 Å². The number of benzene rings is 2. The van der Waals surface area contributed by atoms with Gasteiger partial charge in [0.05, 0.1) is 12.0 Å². The number of hydrogen-bond donors (Lipinski definition) is 0. The van der Waals surface area contributed by atoms with Crippen LogP contribution in [0, 0.1) is 5.92 Å². The Bertz CT molecular complexity index is 699. The summed E-state index contributed by atoms with van der Waals surface area (Å²) in [5, 5.41) is 0. The van der Waals surface area contributed by atoms with Crippen LogP contribution in [0.3, 0.4) is 0 Å². The van der Waals surface area contributed by atoms with Crippen LogP contribution in [0.4, 0.5) is 0 Å². The van der Waals surface area contributed by atoms with E-state index in [9.17, 15) is 9.59 Å². The molecule has 0 aromatic heterocycles. The molecule has 0 radical (unpaired) electrons. The van der Waals surface area contributed by atoms with Crippen LogP contribution in [0.5, 0.6) is 0 Å². The Kier molecular flexibility index (Phi) is 4.94. The lowest BCUT2D eigenvalue weighted by atomic mass is 10.1. The van der Waals surface area contributed by atoms with E-state index in [4.69, 9.17) is 4.74 Å². The number of nitrogens with zero attached hydrogens (tertiary/aromatic N) is 1. The Morgan fingerprint density at radius 1 is 1.12 bits per heavy atom. The first-order valence-corrected chi connectivity index (χ1v) is 8.20. The molecule has 24 heavy (non-hydrogen) atoms. The number of rotatable bonds is 5. The van der Waals surface area contributed by atoms with Gasteiger partial charge in [-0.15, -0.1) is 0 Å². The van der Waals surface area contributed by atoms with Gasteiger partial charge in [-0.1, -0.05) is 60.7 Å². The highest BCUT2D eigenvalue weighted by Crippen LogP contribution is 2.29. The Labute approximate surface area is 142 Å². The Morgan fingerprint density at radius 3 is 2.42 bits per heavy atom. The zero-order valence-corrected chi connectivity index (χ0v) is 13.7. The fourth-order valence-electron chi connectivity index (χ4n) is 3.02. The lowest BCUT2D eigenvalue weighted by Crippen LogP contribution is -2.29. The van der Waals surface area contributed by atoms with Crippen molar-refractivity contribution in [2.24, 2.45) is 5.92 Å². The summed E-state index contributed by atoms with van der Waals surface area (Å²) < 4.78 is 5.38. The standard InChI is InChI=1S/C20H21NO3/c1-15(17-10-6-3-7-11-17)21-13-18(12-19(21)22)20(23)24-14-16-8-4-2-5-9-16/h2-11,15,18H,12-14H2,1H3/t15-,18+/m1/s1. The fourth-order valence-corrected chi connectivity index (χ4v) is 3.02. The van der Waals surface area contributed by atoms with E-state index in [-0.39, 0.29) is 36.9 Å². The van der Waals surface area contributed by atoms with Crippen molar-refractivity contribution in [1.29, 1.82) is 0 Å². The molecule has 1 fully saturated rings. The highest BCUT2D eigenvalue weighted by Gasteiger charge is 2.37. The number of hydrogen-bond acceptors (Lipinski definition) is 3. The van der Waals surface area contributed by atoms with Crippen LogP contribution in [0.2, 0.25) is 0 Å². The zero-order chi connectivity index (χ0) is 16.9. The minimum atomic E-state index is -0.382. The molecule has 0 saturated carbocycles. The second-order valence-electron chi connectivity index (χ2n) is 6.13. The van der Waals surface area contributed by atoms with Gasteiger partial charge >= 0.3 is 5.97 Å². The van der Waals surface area contributed by atoms with E-state index >= 15 is 0 Å². The molecular formula is C20H21NO3. The highest BCUT2D eigenvalue weighted by molar-refractivity contribution is 5.87. The fraction of sp³-hybridized carbons (Fsp3) is 0.300. The lowest BCUT2D eigenvalue weighted by molar-refractivity contribution is -0.149. The molecule has 1 saturated heterocycles. The summed E-state index contributed by atoms with van der Waals surface area (Å²) in [4.78, 5) is 26.3. The van der Waals surface area contributed by atoms with Crippen molar-refractivity contribution in [3.05, 3.63) is 71.8 Å². The van der Waals surface area contributed by atoms with E-state index < -0.39 is 0 Å². The number of ether oxygens (including phenoxy) is 1. The molecular weight excluding hydrogens is 302 g/mol. The van der Waals surface area contributed by atoms with E-state index in [0.717, 1.165) is 11.1 Å². The second-order valence-corrected chi connectivity index (χ2v) is 6.13. The van der Waals surface area contributed by atoms with Crippen LogP contribution < -0.4 is 0 Å². The first-order valence-electron chi connectivity index (χ1n) is 8.20. The average Bonchev–Trinajstić information content (AvgIpc) is 3.02. The van der Waals surface area contributed by atoms with Gasteiger partial charge in [0.1, 0.15) is 6.61 Å². The first-order chi connectivity index (χ1) is 11.6. The molecule has 4 heteroatoms. The number of carbonyl (C=O) groups excluding carboxylic acids is 2. The molecule has 1 aliphatic rings. The normalized spacial score (nSPS) is 18.5. The molecule has 4 nitrogen and oxygen atoms in total. The van der Waals surface area contributed by atoms with Crippen LogP contribution in [0.1, 0.15) is 30.5 Å². The molecule has 0 bridgehead atoms. The predicted molar refractivity (Wildman–Crippen MR) is 90.9 cm³/mol. The molecule has 3 rings (SSSR count). The number of likely N-dealkylation sites (tertiary alicyclic amines) is 1. The Balaban J connectivity index is 1.59. The molecule has 1 heterocycles. The van der Waals surface area contributed by atoms with E-state index in [1.54, 1.807) is 4.90 Å². The maximum absolute atomic E-state index is 12.3. The van der Waals surface area contributed by atoms with Crippen LogP contribution in [-0.4, -0.2) is 23.3 Å². The monoisotopic (exact) mass is 323 g/mol. The molecule has 2 atom stereocenters. The predicted octanol–water partition coefficient (Wildman–Crippen LogP) is 3.34. The first kappa shape index (κ1) is 16.2. The summed E-state index contributed by atoms with van der Waals surface area (Å²) in [7, 11) is 0. The summed E-state index contributed by atoms with van der Waals surface area (Å²) in [5.41, 5.74) is 2.02. The molecule has 1 amide bonds. The van der Waals surface area contributed by atoms with Crippen molar-refractivity contribution in [1.82, 2.24) is 4.90 Å². The van der Waals surface area contributed by atoms with Crippen LogP contribution in [-0.2, 0) is 20.9 Å². The number of esters is 1. The summed E-state index contributed by atoms with van der Waals surface area (Å²) >= 11 is 0. The summed E-state index contributed by atoms with van der Waals surface area (Å²) in [6.45, 7) is 2.66. The molecule has 0 unspecified atom stereocenters. The molecule has 1 aliphatic heterocycles. The third-order valence-corrected chi connectivity index (χ3v) is 4.47. The van der Waals surface area contributed by atoms with Gasteiger partial charge < -0.3 is 9.64 Å². The van der Waals surface area contributed by atoms with Crippen molar-refractivity contribution < 1.29 is 14.3 Å². The SMILES string of the molecule is C[C@H](c1ccccc1)N1C[C@@H](C(=O)OCc2ccccc2)CC1=O. The summed E-state index contributed by atoms with van der Waals surface area (Å²) in [6.07, 6.45) is 0.227. The minimum absolute atomic E-state index is 0.00742. The van der Waals surface area contributed by atoms with Gasteiger partial charge in [0.15, 0.2) is 0 Å².